The molecule has 1 aliphatic rings. The van der Waals surface area contributed by atoms with Gasteiger partial charge in [-0.25, -0.2) is 0 Å². The fraction of sp³-hybridized carbons (Fsp3) is 0.538. The minimum atomic E-state index is -0.378. The van der Waals surface area contributed by atoms with E-state index in [1.165, 1.54) is 6.07 Å². The minimum absolute atomic E-state index is 0.0763. The third-order valence-electron chi connectivity index (χ3n) is 3.51. The van der Waals surface area contributed by atoms with Gasteiger partial charge in [0.1, 0.15) is 5.69 Å². The molecule has 110 valence electrons. The number of anilines is 1. The Morgan fingerprint density at radius 2 is 2.20 bits per heavy atom. The smallest absolute Gasteiger partial charge is 0.293 e. The monoisotopic (exact) mass is 297 g/mol. The summed E-state index contributed by atoms with van der Waals surface area (Å²) in [6.45, 7) is 2.39. The second-order valence-electron chi connectivity index (χ2n) is 4.83. The molecule has 1 fully saturated rings. The molecule has 0 spiro atoms. The first kappa shape index (κ1) is 15.1. The topological polar surface area (TPSA) is 90.4 Å². The highest BCUT2D eigenvalue weighted by Crippen LogP contribution is 2.29. The third kappa shape index (κ3) is 4.09. The van der Waals surface area contributed by atoms with E-state index in [-0.39, 0.29) is 10.6 Å². The lowest BCUT2D eigenvalue weighted by atomic mass is 9.97. The number of nitrogens with two attached hydrogens (primary N) is 1. The molecule has 7 heteroatoms. The van der Waals surface area contributed by atoms with Crippen LogP contribution in [0.15, 0.2) is 23.1 Å². The molecule has 20 heavy (non-hydrogen) atoms. The zero-order valence-electron chi connectivity index (χ0n) is 11.2. The van der Waals surface area contributed by atoms with Crippen molar-refractivity contribution in [3.63, 3.8) is 0 Å². The molecule has 6 nitrogen and oxygen atoms in total. The largest absolute Gasteiger partial charge is 0.381 e. The highest BCUT2D eigenvalue weighted by Gasteiger charge is 2.16. The first-order valence-corrected chi connectivity index (χ1v) is 7.55. The third-order valence-corrected chi connectivity index (χ3v) is 4.04. The Labute approximate surface area is 122 Å². The number of nitrogens with one attached hydrogen (secondary N) is 1. The van der Waals surface area contributed by atoms with Crippen molar-refractivity contribution in [3.8, 4) is 0 Å². The quantitative estimate of drug-likeness (QED) is 0.476. The Hall–Kier alpha value is -1.31. The summed E-state index contributed by atoms with van der Waals surface area (Å²) in [6.07, 6.45) is 3.16. The maximum Gasteiger partial charge on any atom is 0.293 e. The van der Waals surface area contributed by atoms with Crippen LogP contribution in [0.3, 0.4) is 0 Å². The highest BCUT2D eigenvalue weighted by atomic mass is 32.2. The fourth-order valence-electron chi connectivity index (χ4n) is 2.33. The first-order chi connectivity index (χ1) is 9.70. The molecule has 0 aromatic heterocycles. The Morgan fingerprint density at radius 1 is 1.45 bits per heavy atom. The normalized spacial score (nSPS) is 16.1. The lowest BCUT2D eigenvalue weighted by molar-refractivity contribution is -0.384. The molecule has 1 aromatic rings. The van der Waals surface area contributed by atoms with Gasteiger partial charge in [-0.3, -0.25) is 15.3 Å². The van der Waals surface area contributed by atoms with Gasteiger partial charge in [0, 0.05) is 30.7 Å². The summed E-state index contributed by atoms with van der Waals surface area (Å²) in [5, 5.41) is 19.6. The van der Waals surface area contributed by atoms with Crippen molar-refractivity contribution in [3.05, 3.63) is 28.3 Å². The van der Waals surface area contributed by atoms with E-state index in [0.29, 0.717) is 16.5 Å². The molecule has 1 saturated heterocycles. The molecule has 3 N–H and O–H groups in total. The van der Waals surface area contributed by atoms with Crippen LogP contribution in [-0.2, 0) is 4.74 Å². The zero-order valence-corrected chi connectivity index (χ0v) is 12.0. The van der Waals surface area contributed by atoms with Gasteiger partial charge in [0.15, 0.2) is 0 Å². The van der Waals surface area contributed by atoms with E-state index in [0.717, 1.165) is 51.0 Å². The molecule has 0 saturated carbocycles. The van der Waals surface area contributed by atoms with E-state index in [9.17, 15) is 10.1 Å². The van der Waals surface area contributed by atoms with Crippen LogP contribution in [0.5, 0.6) is 0 Å². The summed E-state index contributed by atoms with van der Waals surface area (Å²) in [5.74, 6) is 0.647. The summed E-state index contributed by atoms with van der Waals surface area (Å²) < 4.78 is 5.32. The van der Waals surface area contributed by atoms with Crippen LogP contribution in [0.2, 0.25) is 0 Å². The maximum absolute atomic E-state index is 11.1. The van der Waals surface area contributed by atoms with Gasteiger partial charge in [0.25, 0.3) is 5.69 Å². The molecular formula is C13H19N3O3S. The van der Waals surface area contributed by atoms with Crippen LogP contribution in [-0.4, -0.2) is 24.7 Å². The molecule has 1 heterocycles. The zero-order chi connectivity index (χ0) is 14.4. The number of nitro groups is 1. The molecule has 0 radical (unpaired) electrons. The predicted molar refractivity (Wildman–Crippen MR) is 79.8 cm³/mol. The number of hydrogen-bond donors (Lipinski definition) is 2. The van der Waals surface area contributed by atoms with E-state index in [1.54, 1.807) is 12.1 Å². The van der Waals surface area contributed by atoms with Crippen LogP contribution in [0, 0.1) is 16.0 Å². The maximum atomic E-state index is 11.1. The molecular weight excluding hydrogens is 278 g/mol. The van der Waals surface area contributed by atoms with Crippen LogP contribution >= 0.6 is 11.9 Å². The van der Waals surface area contributed by atoms with Gasteiger partial charge in [0.05, 0.1) is 4.92 Å². The van der Waals surface area contributed by atoms with Crippen LogP contribution in [0.25, 0.3) is 0 Å². The summed E-state index contributed by atoms with van der Waals surface area (Å²) in [5.41, 5.74) is 0.632. The van der Waals surface area contributed by atoms with Crippen molar-refractivity contribution in [2.24, 2.45) is 11.1 Å². The van der Waals surface area contributed by atoms with Gasteiger partial charge in [0.2, 0.25) is 0 Å². The lowest BCUT2D eigenvalue weighted by Crippen LogP contribution is -2.18. The van der Waals surface area contributed by atoms with Gasteiger partial charge in [-0.05, 0) is 49.3 Å². The number of hydrogen-bond acceptors (Lipinski definition) is 6. The summed E-state index contributed by atoms with van der Waals surface area (Å²) in [6, 6.07) is 5.01. The summed E-state index contributed by atoms with van der Waals surface area (Å²) in [4.78, 5) is 11.4. The van der Waals surface area contributed by atoms with Gasteiger partial charge in [-0.2, -0.15) is 0 Å². The number of nitrogens with zero attached hydrogens (tertiary/aromatic N) is 1. The summed E-state index contributed by atoms with van der Waals surface area (Å²) in [7, 11) is 0. The van der Waals surface area contributed by atoms with Crippen molar-refractivity contribution in [1.29, 1.82) is 0 Å². The predicted octanol–water partition coefficient (Wildman–Crippen LogP) is 2.79. The highest BCUT2D eigenvalue weighted by molar-refractivity contribution is 7.97. The van der Waals surface area contributed by atoms with Crippen molar-refractivity contribution < 1.29 is 9.66 Å². The minimum Gasteiger partial charge on any atom is -0.381 e. The van der Waals surface area contributed by atoms with Crippen LogP contribution in [0.1, 0.15) is 19.3 Å². The molecule has 2 rings (SSSR count). The second-order valence-corrected chi connectivity index (χ2v) is 5.53. The average Bonchev–Trinajstić information content (AvgIpc) is 2.48. The number of nitro benzene ring substituents is 1. The molecule has 0 aliphatic carbocycles. The van der Waals surface area contributed by atoms with E-state index in [2.05, 4.69) is 5.32 Å². The fourth-order valence-corrected chi connectivity index (χ4v) is 2.66. The Bertz CT molecular complexity index is 464. The number of ether oxygens (including phenoxy) is 1. The second kappa shape index (κ2) is 7.47. The summed E-state index contributed by atoms with van der Waals surface area (Å²) >= 11 is 1.01. The molecule has 0 amide bonds. The van der Waals surface area contributed by atoms with Crippen molar-refractivity contribution in [2.75, 3.05) is 25.1 Å². The van der Waals surface area contributed by atoms with Gasteiger partial charge in [-0.1, -0.05) is 0 Å². The molecule has 0 bridgehead atoms. The first-order valence-electron chi connectivity index (χ1n) is 6.67. The van der Waals surface area contributed by atoms with Crippen molar-refractivity contribution in [2.45, 2.75) is 24.2 Å². The Kier molecular flexibility index (Phi) is 5.63. The van der Waals surface area contributed by atoms with Gasteiger partial charge >= 0.3 is 0 Å². The molecule has 1 aromatic carbocycles. The van der Waals surface area contributed by atoms with Crippen LogP contribution in [0.4, 0.5) is 11.4 Å². The standard InChI is InChI=1S/C13H19N3O3S/c14-20-11-1-2-12(13(9-11)16(17)18)15-6-3-10-4-7-19-8-5-10/h1-2,9-10,15H,3-8,14H2. The van der Waals surface area contributed by atoms with Gasteiger partial charge in [-0.15, -0.1) is 0 Å². The number of rotatable bonds is 6. The Balaban J connectivity index is 1.92. The Morgan fingerprint density at radius 3 is 2.85 bits per heavy atom. The van der Waals surface area contributed by atoms with Crippen LogP contribution < -0.4 is 10.5 Å². The van der Waals surface area contributed by atoms with E-state index >= 15 is 0 Å². The molecule has 0 atom stereocenters. The molecule has 0 unspecified atom stereocenters. The SMILES string of the molecule is NSc1ccc(NCCC2CCOCC2)c([N+](=O)[O-])c1. The van der Waals surface area contributed by atoms with E-state index in [1.807, 2.05) is 0 Å². The van der Waals surface area contributed by atoms with Crippen molar-refractivity contribution >= 4 is 23.3 Å². The van der Waals surface area contributed by atoms with E-state index in [4.69, 9.17) is 9.88 Å². The number of benzene rings is 1. The van der Waals surface area contributed by atoms with Gasteiger partial charge < -0.3 is 10.1 Å². The average molecular weight is 297 g/mol. The van der Waals surface area contributed by atoms with E-state index < -0.39 is 0 Å². The molecule has 1 aliphatic heterocycles. The lowest BCUT2D eigenvalue weighted by Gasteiger charge is -2.22. The van der Waals surface area contributed by atoms with Crippen molar-refractivity contribution in [1.82, 2.24) is 0 Å².